The number of nitrogens with zero attached hydrogens (tertiary/aromatic N) is 1. The first-order valence-electron chi connectivity index (χ1n) is 8.68. The summed E-state index contributed by atoms with van der Waals surface area (Å²) in [6.45, 7) is 3.07. The first-order chi connectivity index (χ1) is 14.3. The fourth-order valence-corrected chi connectivity index (χ4v) is 2.94. The van der Waals surface area contributed by atoms with E-state index in [1.54, 1.807) is 6.92 Å². The lowest BCUT2D eigenvalue weighted by Crippen LogP contribution is -2.13. The van der Waals surface area contributed by atoms with Crippen molar-refractivity contribution in [2.24, 2.45) is 5.73 Å². The van der Waals surface area contributed by atoms with Gasteiger partial charge in [0.15, 0.2) is 0 Å². The van der Waals surface area contributed by atoms with Crippen molar-refractivity contribution in [3.8, 4) is 5.69 Å². The minimum absolute atomic E-state index is 0.000484. The lowest BCUT2D eigenvalue weighted by atomic mass is 10.1. The Labute approximate surface area is 173 Å². The van der Waals surface area contributed by atoms with Gasteiger partial charge in [-0.2, -0.15) is 13.2 Å². The van der Waals surface area contributed by atoms with Gasteiger partial charge >= 0.3 is 12.1 Å². The SMILES string of the molecule is Cc1cc(C(=O)O)c(C)n1-c1ccccc1C(F)(F)F.NC(=O)c1cc(F)ccc1F. The minimum Gasteiger partial charge on any atom is -0.478 e. The Kier molecular flexibility index (Phi) is 6.84. The van der Waals surface area contributed by atoms with Gasteiger partial charge in [-0.1, -0.05) is 12.1 Å². The zero-order chi connectivity index (χ0) is 23.5. The van der Waals surface area contributed by atoms with Crippen LogP contribution in [0.15, 0.2) is 48.5 Å². The molecule has 0 aliphatic carbocycles. The Bertz CT molecular complexity index is 1140. The van der Waals surface area contributed by atoms with Crippen molar-refractivity contribution >= 4 is 11.9 Å². The number of rotatable bonds is 3. The van der Waals surface area contributed by atoms with Crippen molar-refractivity contribution in [2.75, 3.05) is 0 Å². The van der Waals surface area contributed by atoms with Crippen LogP contribution in [0.3, 0.4) is 0 Å². The number of alkyl halides is 3. The summed E-state index contributed by atoms with van der Waals surface area (Å²) in [5, 5.41) is 9.04. The van der Waals surface area contributed by atoms with Gasteiger partial charge in [0.2, 0.25) is 0 Å². The lowest BCUT2D eigenvalue weighted by Gasteiger charge is -2.16. The van der Waals surface area contributed by atoms with Gasteiger partial charge in [0.1, 0.15) is 11.6 Å². The van der Waals surface area contributed by atoms with Gasteiger partial charge in [-0.3, -0.25) is 4.79 Å². The number of benzene rings is 2. The van der Waals surface area contributed by atoms with E-state index in [0.717, 1.165) is 24.3 Å². The van der Waals surface area contributed by atoms with Crippen LogP contribution in [0.2, 0.25) is 0 Å². The van der Waals surface area contributed by atoms with Crippen LogP contribution in [0.4, 0.5) is 22.0 Å². The molecule has 5 nitrogen and oxygen atoms in total. The highest BCUT2D eigenvalue weighted by atomic mass is 19.4. The number of aromatic nitrogens is 1. The molecule has 1 aromatic heterocycles. The molecule has 0 aliphatic rings. The second kappa shape index (κ2) is 8.99. The number of primary amides is 1. The molecule has 0 radical (unpaired) electrons. The van der Waals surface area contributed by atoms with E-state index in [-0.39, 0.29) is 16.9 Å². The Morgan fingerprint density at radius 1 is 0.968 bits per heavy atom. The normalized spacial score (nSPS) is 10.9. The van der Waals surface area contributed by atoms with Crippen LogP contribution >= 0.6 is 0 Å². The molecule has 1 heterocycles. The van der Waals surface area contributed by atoms with E-state index < -0.39 is 40.8 Å². The summed E-state index contributed by atoms with van der Waals surface area (Å²) in [6, 6.07) is 9.01. The summed E-state index contributed by atoms with van der Waals surface area (Å²) in [6.07, 6.45) is -4.50. The van der Waals surface area contributed by atoms with E-state index in [4.69, 9.17) is 10.8 Å². The molecule has 0 saturated carbocycles. The van der Waals surface area contributed by atoms with Crippen molar-refractivity contribution in [1.82, 2.24) is 4.57 Å². The van der Waals surface area contributed by atoms with E-state index in [9.17, 15) is 31.5 Å². The Morgan fingerprint density at radius 3 is 2.06 bits per heavy atom. The molecule has 1 amide bonds. The predicted octanol–water partition coefficient (Wildman–Crippen LogP) is 4.87. The average Bonchev–Trinajstić information content (AvgIpc) is 2.97. The molecule has 0 unspecified atom stereocenters. The van der Waals surface area contributed by atoms with Gasteiger partial charge in [-0.25, -0.2) is 13.6 Å². The molecule has 0 spiro atoms. The molecule has 0 fully saturated rings. The molecule has 164 valence electrons. The number of hydrogen-bond acceptors (Lipinski definition) is 2. The zero-order valence-electron chi connectivity index (χ0n) is 16.3. The number of hydrogen-bond donors (Lipinski definition) is 2. The second-order valence-corrected chi connectivity index (χ2v) is 6.43. The molecule has 3 rings (SSSR count). The van der Waals surface area contributed by atoms with Crippen molar-refractivity contribution in [2.45, 2.75) is 20.0 Å². The van der Waals surface area contributed by atoms with Crippen LogP contribution in [0, 0.1) is 25.5 Å². The van der Waals surface area contributed by atoms with Gasteiger partial charge in [-0.15, -0.1) is 0 Å². The molecular formula is C21H17F5N2O3. The van der Waals surface area contributed by atoms with Crippen molar-refractivity contribution < 1.29 is 36.6 Å². The number of carbonyl (C=O) groups excluding carboxylic acids is 1. The van der Waals surface area contributed by atoms with Crippen molar-refractivity contribution in [3.05, 3.63) is 88.2 Å². The number of carboxylic acid groups (broad SMARTS) is 1. The average molecular weight is 440 g/mol. The number of aryl methyl sites for hydroxylation is 1. The van der Waals surface area contributed by atoms with Crippen LogP contribution < -0.4 is 5.73 Å². The summed E-state index contributed by atoms with van der Waals surface area (Å²) >= 11 is 0. The maximum Gasteiger partial charge on any atom is 0.418 e. The summed E-state index contributed by atoms with van der Waals surface area (Å²) in [4.78, 5) is 21.5. The van der Waals surface area contributed by atoms with Crippen LogP contribution in [0.5, 0.6) is 0 Å². The molecule has 3 aromatic rings. The predicted molar refractivity (Wildman–Crippen MR) is 102 cm³/mol. The largest absolute Gasteiger partial charge is 0.478 e. The number of aromatic carboxylic acids is 1. The van der Waals surface area contributed by atoms with E-state index >= 15 is 0 Å². The van der Waals surface area contributed by atoms with Crippen LogP contribution in [-0.2, 0) is 6.18 Å². The summed E-state index contributed by atoms with van der Waals surface area (Å²) in [5.41, 5.74) is 4.16. The quantitative estimate of drug-likeness (QED) is 0.570. The van der Waals surface area contributed by atoms with E-state index in [0.29, 0.717) is 5.69 Å². The topological polar surface area (TPSA) is 85.3 Å². The van der Waals surface area contributed by atoms with Crippen LogP contribution in [0.25, 0.3) is 5.69 Å². The monoisotopic (exact) mass is 440 g/mol. The molecule has 2 aromatic carbocycles. The number of carboxylic acids is 1. The molecule has 0 saturated heterocycles. The highest BCUT2D eigenvalue weighted by Crippen LogP contribution is 2.35. The minimum atomic E-state index is -4.50. The smallest absolute Gasteiger partial charge is 0.418 e. The number of halogens is 5. The first kappa shape index (κ1) is 23.6. The van der Waals surface area contributed by atoms with Crippen molar-refractivity contribution in [1.29, 1.82) is 0 Å². The summed E-state index contributed by atoms with van der Waals surface area (Å²) in [7, 11) is 0. The van der Waals surface area contributed by atoms with Crippen LogP contribution in [-0.4, -0.2) is 21.6 Å². The lowest BCUT2D eigenvalue weighted by molar-refractivity contribution is -0.137. The highest BCUT2D eigenvalue weighted by molar-refractivity contribution is 5.93. The van der Waals surface area contributed by atoms with Gasteiger partial charge < -0.3 is 15.4 Å². The highest BCUT2D eigenvalue weighted by Gasteiger charge is 2.34. The van der Waals surface area contributed by atoms with Gasteiger partial charge in [-0.05, 0) is 50.2 Å². The van der Waals surface area contributed by atoms with Crippen molar-refractivity contribution in [3.63, 3.8) is 0 Å². The molecule has 31 heavy (non-hydrogen) atoms. The maximum atomic E-state index is 13.0. The second-order valence-electron chi connectivity index (χ2n) is 6.43. The molecule has 0 aliphatic heterocycles. The maximum absolute atomic E-state index is 13.0. The third-order valence-electron chi connectivity index (χ3n) is 4.31. The molecule has 3 N–H and O–H groups in total. The molecule has 0 bridgehead atoms. The van der Waals surface area contributed by atoms with E-state index in [2.05, 4.69) is 0 Å². The Balaban J connectivity index is 0.000000262. The standard InChI is InChI=1S/C14H12F3NO2.C7H5F2NO/c1-8-7-10(13(19)20)9(2)18(8)12-6-4-3-5-11(12)14(15,16)17;8-4-1-2-6(9)5(3-4)7(10)11/h3-7H,1-2H3,(H,19,20);1-3H,(H2,10,11). The third kappa shape index (κ3) is 5.27. The van der Waals surface area contributed by atoms with Gasteiger partial charge in [0.05, 0.1) is 22.4 Å². The van der Waals surface area contributed by atoms with E-state index in [1.807, 2.05) is 0 Å². The molecular weight excluding hydrogens is 423 g/mol. The first-order valence-corrected chi connectivity index (χ1v) is 8.68. The molecule has 10 heteroatoms. The summed E-state index contributed by atoms with van der Waals surface area (Å²) < 4.78 is 65.3. The fourth-order valence-electron chi connectivity index (χ4n) is 2.94. The summed E-state index contributed by atoms with van der Waals surface area (Å²) in [5.74, 6) is -3.62. The Morgan fingerprint density at radius 2 is 1.58 bits per heavy atom. The number of para-hydroxylation sites is 1. The van der Waals surface area contributed by atoms with Gasteiger partial charge in [0.25, 0.3) is 5.91 Å². The van der Waals surface area contributed by atoms with E-state index in [1.165, 1.54) is 35.8 Å². The van der Waals surface area contributed by atoms with Crippen LogP contribution in [0.1, 0.15) is 37.7 Å². The Hall–Kier alpha value is -3.69. The molecule has 0 atom stereocenters. The number of nitrogens with two attached hydrogens (primary N) is 1. The number of amides is 1. The number of carbonyl (C=O) groups is 2. The fraction of sp³-hybridized carbons (Fsp3) is 0.143. The zero-order valence-corrected chi connectivity index (χ0v) is 16.3. The van der Waals surface area contributed by atoms with Gasteiger partial charge in [0, 0.05) is 11.4 Å². The third-order valence-corrected chi connectivity index (χ3v) is 4.31.